The van der Waals surface area contributed by atoms with Gasteiger partial charge >= 0.3 is 0 Å². The number of benzene rings is 1. The van der Waals surface area contributed by atoms with E-state index in [4.69, 9.17) is 8.83 Å². The second-order valence-electron chi connectivity index (χ2n) is 5.17. The minimum atomic E-state index is -0.0681. The van der Waals surface area contributed by atoms with E-state index in [0.29, 0.717) is 17.4 Å². The highest BCUT2D eigenvalue weighted by molar-refractivity contribution is 8.01. The van der Waals surface area contributed by atoms with Crippen molar-refractivity contribution in [1.29, 1.82) is 0 Å². The van der Waals surface area contributed by atoms with Gasteiger partial charge in [-0.05, 0) is 24.3 Å². The molecule has 0 aliphatic heterocycles. The van der Waals surface area contributed by atoms with E-state index in [2.05, 4.69) is 15.5 Å². The second kappa shape index (κ2) is 7.12. The number of furan rings is 2. The number of hydrogen-bond donors (Lipinski definition) is 1. The first-order valence-corrected chi connectivity index (χ1v) is 9.32. The smallest absolute Gasteiger partial charge is 0.208 e. The molecule has 0 aliphatic rings. The van der Waals surface area contributed by atoms with E-state index in [0.717, 1.165) is 21.1 Å². The van der Waals surface area contributed by atoms with Crippen LogP contribution in [-0.4, -0.2) is 21.7 Å². The highest BCUT2D eigenvalue weighted by Gasteiger charge is 2.14. The third-order valence-electron chi connectivity index (χ3n) is 3.43. The Morgan fingerprint density at radius 1 is 1.20 bits per heavy atom. The molecule has 0 atom stereocenters. The van der Waals surface area contributed by atoms with Crippen LogP contribution in [0.25, 0.3) is 11.0 Å². The molecule has 0 spiro atoms. The number of rotatable bonds is 7. The van der Waals surface area contributed by atoms with Crippen LogP contribution in [0, 0.1) is 0 Å². The van der Waals surface area contributed by atoms with Crippen molar-refractivity contribution in [1.82, 2.24) is 10.2 Å². The van der Waals surface area contributed by atoms with E-state index in [1.165, 1.54) is 23.1 Å². The SMILES string of the molecule is O=C(CSc1nnc(NCc2ccco2)s1)c1cc2ccccc2o1. The summed E-state index contributed by atoms with van der Waals surface area (Å²) in [5.74, 6) is 1.38. The first-order valence-electron chi connectivity index (χ1n) is 7.52. The minimum absolute atomic E-state index is 0.0681. The molecule has 1 aromatic carbocycles. The van der Waals surface area contributed by atoms with Crippen LogP contribution in [0.15, 0.2) is 61.9 Å². The number of carbonyl (C=O) groups is 1. The Balaban J connectivity index is 1.34. The maximum Gasteiger partial charge on any atom is 0.208 e. The van der Waals surface area contributed by atoms with Gasteiger partial charge in [-0.3, -0.25) is 4.79 Å². The molecule has 0 bridgehead atoms. The second-order valence-corrected chi connectivity index (χ2v) is 7.37. The Morgan fingerprint density at radius 2 is 2.12 bits per heavy atom. The number of Topliss-reactive ketones (excluding diaryl/α,β-unsaturated/α-hetero) is 1. The Kier molecular flexibility index (Phi) is 4.53. The Hall–Kier alpha value is -2.58. The van der Waals surface area contributed by atoms with Gasteiger partial charge < -0.3 is 14.2 Å². The van der Waals surface area contributed by atoms with Crippen molar-refractivity contribution in [3.63, 3.8) is 0 Å². The van der Waals surface area contributed by atoms with Crippen molar-refractivity contribution in [2.75, 3.05) is 11.1 Å². The average Bonchev–Trinajstić information content (AvgIpc) is 3.37. The van der Waals surface area contributed by atoms with E-state index in [9.17, 15) is 4.79 Å². The summed E-state index contributed by atoms with van der Waals surface area (Å²) in [5.41, 5.74) is 0.719. The summed E-state index contributed by atoms with van der Waals surface area (Å²) in [6.45, 7) is 0.546. The lowest BCUT2D eigenvalue weighted by molar-refractivity contribution is 0.0994. The molecule has 1 N–H and O–H groups in total. The van der Waals surface area contributed by atoms with Gasteiger partial charge in [-0.1, -0.05) is 41.3 Å². The fourth-order valence-corrected chi connectivity index (χ4v) is 3.85. The summed E-state index contributed by atoms with van der Waals surface area (Å²) < 4.78 is 11.6. The number of fused-ring (bicyclic) bond motifs is 1. The van der Waals surface area contributed by atoms with Crippen molar-refractivity contribution in [3.8, 4) is 0 Å². The molecule has 0 radical (unpaired) electrons. The number of nitrogens with one attached hydrogen (secondary N) is 1. The number of anilines is 1. The van der Waals surface area contributed by atoms with Crippen LogP contribution in [0.2, 0.25) is 0 Å². The van der Waals surface area contributed by atoms with Crippen molar-refractivity contribution < 1.29 is 13.6 Å². The molecule has 8 heteroatoms. The molecule has 0 aliphatic carbocycles. The monoisotopic (exact) mass is 371 g/mol. The van der Waals surface area contributed by atoms with Gasteiger partial charge in [0.2, 0.25) is 10.9 Å². The van der Waals surface area contributed by atoms with Gasteiger partial charge in [0.15, 0.2) is 10.1 Å². The predicted octanol–water partition coefficient (Wildman–Crippen LogP) is 4.46. The van der Waals surface area contributed by atoms with E-state index in [1.54, 1.807) is 12.3 Å². The van der Waals surface area contributed by atoms with E-state index < -0.39 is 0 Å². The van der Waals surface area contributed by atoms with Crippen molar-refractivity contribution in [2.24, 2.45) is 0 Å². The van der Waals surface area contributed by atoms with Crippen molar-refractivity contribution in [2.45, 2.75) is 10.9 Å². The van der Waals surface area contributed by atoms with Gasteiger partial charge in [-0.15, -0.1) is 10.2 Å². The molecule has 3 heterocycles. The molecule has 4 rings (SSSR count). The summed E-state index contributed by atoms with van der Waals surface area (Å²) in [7, 11) is 0. The third kappa shape index (κ3) is 3.75. The molecule has 25 heavy (non-hydrogen) atoms. The lowest BCUT2D eigenvalue weighted by Gasteiger charge is -1.97. The number of thioether (sulfide) groups is 1. The fourth-order valence-electron chi connectivity index (χ4n) is 2.23. The van der Waals surface area contributed by atoms with Crippen LogP contribution in [0.5, 0.6) is 0 Å². The van der Waals surface area contributed by atoms with Crippen LogP contribution >= 0.6 is 23.1 Å². The molecule has 0 saturated carbocycles. The summed E-state index contributed by atoms with van der Waals surface area (Å²) >= 11 is 2.75. The van der Waals surface area contributed by atoms with Gasteiger partial charge in [0, 0.05) is 5.39 Å². The van der Waals surface area contributed by atoms with Crippen LogP contribution in [0.1, 0.15) is 16.3 Å². The minimum Gasteiger partial charge on any atom is -0.467 e. The average molecular weight is 371 g/mol. The fraction of sp³-hybridized carbons (Fsp3) is 0.118. The highest BCUT2D eigenvalue weighted by Crippen LogP contribution is 2.27. The first-order chi connectivity index (χ1) is 12.3. The van der Waals surface area contributed by atoms with Crippen LogP contribution < -0.4 is 5.32 Å². The number of nitrogens with zero attached hydrogens (tertiary/aromatic N) is 2. The number of carbonyl (C=O) groups excluding carboxylic acids is 1. The number of para-hydroxylation sites is 1. The lowest BCUT2D eigenvalue weighted by atomic mass is 10.2. The quantitative estimate of drug-likeness (QED) is 0.379. The van der Waals surface area contributed by atoms with E-state index in [1.807, 2.05) is 36.4 Å². The lowest BCUT2D eigenvalue weighted by Crippen LogP contribution is -2.00. The normalized spacial score (nSPS) is 11.0. The van der Waals surface area contributed by atoms with Gasteiger partial charge in [0.1, 0.15) is 11.3 Å². The number of hydrogen-bond acceptors (Lipinski definition) is 8. The van der Waals surface area contributed by atoms with E-state index in [-0.39, 0.29) is 11.5 Å². The maximum absolute atomic E-state index is 12.3. The molecule has 0 saturated heterocycles. The summed E-state index contributed by atoms with van der Waals surface area (Å²) in [6.07, 6.45) is 1.63. The molecule has 0 unspecified atom stereocenters. The Bertz CT molecular complexity index is 959. The highest BCUT2D eigenvalue weighted by atomic mass is 32.2. The molecule has 4 aromatic rings. The molecule has 0 amide bonds. The van der Waals surface area contributed by atoms with Crippen LogP contribution in [0.3, 0.4) is 0 Å². The third-order valence-corrected chi connectivity index (χ3v) is 5.44. The number of aromatic nitrogens is 2. The van der Waals surface area contributed by atoms with Gasteiger partial charge in [0.05, 0.1) is 18.6 Å². The molecule has 3 aromatic heterocycles. The zero-order valence-electron chi connectivity index (χ0n) is 13.0. The molecule has 0 fully saturated rings. The van der Waals surface area contributed by atoms with Crippen molar-refractivity contribution in [3.05, 3.63) is 60.2 Å². The Labute approximate surface area is 151 Å². The van der Waals surface area contributed by atoms with Crippen molar-refractivity contribution >= 4 is 45.0 Å². The molecular weight excluding hydrogens is 358 g/mol. The number of ketones is 1. The largest absolute Gasteiger partial charge is 0.467 e. The van der Waals surface area contributed by atoms with Crippen LogP contribution in [-0.2, 0) is 6.54 Å². The summed E-state index contributed by atoms with van der Waals surface area (Å²) in [4.78, 5) is 12.3. The predicted molar refractivity (Wildman–Crippen MR) is 97.2 cm³/mol. The summed E-state index contributed by atoms with van der Waals surface area (Å²) in [6, 6.07) is 13.1. The van der Waals surface area contributed by atoms with Gasteiger partial charge in [-0.2, -0.15) is 0 Å². The standard InChI is InChI=1S/C17H13N3O3S2/c21-13(15-8-11-4-1-2-6-14(11)23-15)10-24-17-20-19-16(25-17)18-9-12-5-3-7-22-12/h1-8H,9-10H2,(H,18,19). The van der Waals surface area contributed by atoms with Gasteiger partial charge in [0.25, 0.3) is 0 Å². The van der Waals surface area contributed by atoms with Crippen LogP contribution in [0.4, 0.5) is 5.13 Å². The topological polar surface area (TPSA) is 81.2 Å². The summed E-state index contributed by atoms with van der Waals surface area (Å²) in [5, 5.41) is 12.9. The maximum atomic E-state index is 12.3. The molecule has 126 valence electrons. The van der Waals surface area contributed by atoms with E-state index >= 15 is 0 Å². The van der Waals surface area contributed by atoms with Gasteiger partial charge in [-0.25, -0.2) is 0 Å². The Morgan fingerprint density at radius 3 is 2.96 bits per heavy atom. The first kappa shape index (κ1) is 15.9. The zero-order valence-corrected chi connectivity index (χ0v) is 14.6. The molecule has 6 nitrogen and oxygen atoms in total. The molecular formula is C17H13N3O3S2. The zero-order chi connectivity index (χ0) is 17.1.